The van der Waals surface area contributed by atoms with Crippen molar-refractivity contribution in [3.05, 3.63) is 56.4 Å². The summed E-state index contributed by atoms with van der Waals surface area (Å²) in [6, 6.07) is 5.53. The molecule has 1 aromatic carbocycles. The lowest BCUT2D eigenvalue weighted by Gasteiger charge is -2.31. The topological polar surface area (TPSA) is 111 Å². The molecule has 0 spiro atoms. The Kier molecular flexibility index (Phi) is 4.25. The molecule has 3 aromatic rings. The molecule has 0 aliphatic carbocycles. The Labute approximate surface area is 189 Å². The molecule has 0 saturated carbocycles. The normalized spacial score (nSPS) is 22.4. The lowest BCUT2D eigenvalue weighted by Crippen LogP contribution is -2.44. The van der Waals surface area contributed by atoms with Crippen LogP contribution in [-0.2, 0) is 41.1 Å². The number of pyridine rings is 2. The van der Waals surface area contributed by atoms with E-state index < -0.39 is 11.6 Å². The molecule has 3 aliphatic rings. The van der Waals surface area contributed by atoms with E-state index >= 15 is 0 Å². The minimum absolute atomic E-state index is 0.0521. The maximum atomic E-state index is 13.4. The van der Waals surface area contributed by atoms with Gasteiger partial charge in [0.2, 0.25) is 0 Å². The van der Waals surface area contributed by atoms with Crippen molar-refractivity contribution in [2.75, 3.05) is 6.61 Å². The zero-order valence-electron chi connectivity index (χ0n) is 18.5. The van der Waals surface area contributed by atoms with E-state index in [1.807, 2.05) is 12.1 Å². The van der Waals surface area contributed by atoms with Gasteiger partial charge in [0.15, 0.2) is 5.60 Å². The number of rotatable bonds is 3. The maximum absolute atomic E-state index is 13.4. The number of aliphatic hydroxyl groups is 2. The van der Waals surface area contributed by atoms with Crippen LogP contribution in [-0.4, -0.2) is 38.4 Å². The van der Waals surface area contributed by atoms with Crippen molar-refractivity contribution in [3.63, 3.8) is 0 Å². The van der Waals surface area contributed by atoms with Crippen molar-refractivity contribution >= 4 is 16.9 Å². The third-order valence-electron chi connectivity index (χ3n) is 7.32. The van der Waals surface area contributed by atoms with E-state index in [0.717, 1.165) is 39.8 Å². The fourth-order valence-electron chi connectivity index (χ4n) is 5.58. The Balaban J connectivity index is 1.62. The van der Waals surface area contributed by atoms with Crippen LogP contribution in [0.1, 0.15) is 48.1 Å². The standard InChI is InChI=1S/C25H24N2O6/c1-3-13-15-9-27-19(8-17-16(23(27)29)11-32-24(30)25(17,31)4-2)22(15)26-18-5-6-20-14(21(13)18)7-12(10-28)33-20/h5-6,8,12,28,31H,3-4,7,9-11H2,1-2H3/t12?,25-/m0/s1. The zero-order valence-corrected chi connectivity index (χ0v) is 18.5. The summed E-state index contributed by atoms with van der Waals surface area (Å²) in [6.45, 7) is 3.94. The van der Waals surface area contributed by atoms with E-state index in [1.165, 1.54) is 0 Å². The van der Waals surface area contributed by atoms with Gasteiger partial charge in [-0.05, 0) is 36.6 Å². The van der Waals surface area contributed by atoms with E-state index in [1.54, 1.807) is 17.6 Å². The summed E-state index contributed by atoms with van der Waals surface area (Å²) in [7, 11) is 0. The van der Waals surface area contributed by atoms with Gasteiger partial charge in [0, 0.05) is 28.5 Å². The van der Waals surface area contributed by atoms with Crippen molar-refractivity contribution < 1.29 is 24.5 Å². The van der Waals surface area contributed by atoms with Crippen molar-refractivity contribution in [1.29, 1.82) is 0 Å². The van der Waals surface area contributed by atoms with E-state index in [0.29, 0.717) is 35.5 Å². The van der Waals surface area contributed by atoms with E-state index in [2.05, 4.69) is 6.92 Å². The molecule has 0 radical (unpaired) electrons. The molecule has 0 amide bonds. The number of nitrogens with zero attached hydrogens (tertiary/aromatic N) is 2. The highest BCUT2D eigenvalue weighted by Gasteiger charge is 2.45. The quantitative estimate of drug-likeness (QED) is 0.461. The van der Waals surface area contributed by atoms with Crippen LogP contribution in [0.15, 0.2) is 23.0 Å². The van der Waals surface area contributed by atoms with E-state index in [4.69, 9.17) is 14.5 Å². The van der Waals surface area contributed by atoms with E-state index in [-0.39, 0.29) is 31.3 Å². The van der Waals surface area contributed by atoms with E-state index in [9.17, 15) is 19.8 Å². The first-order valence-corrected chi connectivity index (χ1v) is 11.3. The lowest BCUT2D eigenvalue weighted by atomic mass is 9.86. The van der Waals surface area contributed by atoms with Gasteiger partial charge in [-0.3, -0.25) is 4.79 Å². The minimum Gasteiger partial charge on any atom is -0.487 e. The molecule has 33 heavy (non-hydrogen) atoms. The molecular formula is C25H24N2O6. The fourth-order valence-corrected chi connectivity index (χ4v) is 5.58. The molecule has 1 unspecified atom stereocenters. The van der Waals surface area contributed by atoms with Crippen LogP contribution in [0.25, 0.3) is 22.3 Å². The Bertz CT molecular complexity index is 1430. The van der Waals surface area contributed by atoms with Gasteiger partial charge in [-0.2, -0.15) is 0 Å². The average molecular weight is 448 g/mol. The van der Waals surface area contributed by atoms with Gasteiger partial charge in [0.25, 0.3) is 5.56 Å². The molecule has 0 fully saturated rings. The Morgan fingerprint density at radius 3 is 2.76 bits per heavy atom. The molecule has 2 atom stereocenters. The first-order chi connectivity index (χ1) is 15.9. The molecule has 0 bridgehead atoms. The third kappa shape index (κ3) is 2.56. The van der Waals surface area contributed by atoms with Gasteiger partial charge >= 0.3 is 5.97 Å². The van der Waals surface area contributed by atoms with Crippen molar-refractivity contribution in [2.24, 2.45) is 0 Å². The second kappa shape index (κ2) is 6.88. The molecule has 5 heterocycles. The number of esters is 1. The molecule has 2 N–H and O–H groups in total. The number of fused-ring (bicyclic) bond motifs is 7. The molecule has 2 aromatic heterocycles. The molecule has 0 saturated heterocycles. The summed E-state index contributed by atoms with van der Waals surface area (Å²) in [4.78, 5) is 30.7. The van der Waals surface area contributed by atoms with Crippen LogP contribution in [0.2, 0.25) is 0 Å². The molecular weight excluding hydrogens is 424 g/mol. The number of hydrogen-bond acceptors (Lipinski definition) is 7. The largest absolute Gasteiger partial charge is 0.487 e. The van der Waals surface area contributed by atoms with Gasteiger partial charge in [-0.25, -0.2) is 9.78 Å². The van der Waals surface area contributed by atoms with Crippen molar-refractivity contribution in [1.82, 2.24) is 9.55 Å². The number of benzene rings is 1. The second-order valence-corrected chi connectivity index (χ2v) is 8.94. The number of aliphatic hydroxyl groups excluding tert-OH is 1. The third-order valence-corrected chi connectivity index (χ3v) is 7.32. The number of hydrogen-bond donors (Lipinski definition) is 2. The Morgan fingerprint density at radius 1 is 1.21 bits per heavy atom. The van der Waals surface area contributed by atoms with Crippen LogP contribution < -0.4 is 10.3 Å². The highest BCUT2D eigenvalue weighted by Crippen LogP contribution is 2.43. The number of cyclic esters (lactones) is 1. The highest BCUT2D eigenvalue weighted by atomic mass is 16.6. The minimum atomic E-state index is -1.84. The predicted octanol–water partition coefficient (Wildman–Crippen LogP) is 1.94. The average Bonchev–Trinajstić information content (AvgIpc) is 3.42. The number of aromatic nitrogens is 2. The fraction of sp³-hybridized carbons (Fsp3) is 0.400. The van der Waals surface area contributed by atoms with Crippen molar-refractivity contribution in [3.8, 4) is 17.1 Å². The van der Waals surface area contributed by atoms with Crippen molar-refractivity contribution in [2.45, 2.75) is 58.0 Å². The molecule has 8 heteroatoms. The monoisotopic (exact) mass is 448 g/mol. The number of carbonyl (C=O) groups excluding carboxylic acids is 1. The van der Waals surface area contributed by atoms with Crippen LogP contribution in [0, 0.1) is 0 Å². The summed E-state index contributed by atoms with van der Waals surface area (Å²) in [5.41, 5.74) is 3.76. The van der Waals surface area contributed by atoms with Gasteiger partial charge in [-0.1, -0.05) is 13.8 Å². The lowest BCUT2D eigenvalue weighted by molar-refractivity contribution is -0.172. The van der Waals surface area contributed by atoms with Crippen LogP contribution in [0.5, 0.6) is 5.75 Å². The van der Waals surface area contributed by atoms with Gasteiger partial charge in [0.1, 0.15) is 18.5 Å². The van der Waals surface area contributed by atoms with Crippen LogP contribution in [0.4, 0.5) is 0 Å². The molecule has 8 nitrogen and oxygen atoms in total. The van der Waals surface area contributed by atoms with Gasteiger partial charge in [-0.15, -0.1) is 0 Å². The molecule has 6 rings (SSSR count). The summed E-state index contributed by atoms with van der Waals surface area (Å²) < 4.78 is 12.7. The summed E-state index contributed by atoms with van der Waals surface area (Å²) in [5.74, 6) is 0.0413. The highest BCUT2D eigenvalue weighted by molar-refractivity contribution is 5.93. The molecule has 3 aliphatic heterocycles. The first-order valence-electron chi connectivity index (χ1n) is 11.3. The van der Waals surface area contributed by atoms with Gasteiger partial charge < -0.3 is 24.3 Å². The predicted molar refractivity (Wildman–Crippen MR) is 119 cm³/mol. The Morgan fingerprint density at radius 2 is 2.03 bits per heavy atom. The van der Waals surface area contributed by atoms with Gasteiger partial charge in [0.05, 0.1) is 35.6 Å². The zero-order chi connectivity index (χ0) is 23.1. The maximum Gasteiger partial charge on any atom is 0.343 e. The Hall–Kier alpha value is -3.23. The van der Waals surface area contributed by atoms with Crippen LogP contribution in [0.3, 0.4) is 0 Å². The number of aryl methyl sites for hydroxylation is 1. The summed E-state index contributed by atoms with van der Waals surface area (Å²) in [6.07, 6.45) is 1.20. The summed E-state index contributed by atoms with van der Waals surface area (Å²) >= 11 is 0. The summed E-state index contributed by atoms with van der Waals surface area (Å²) in [5, 5.41) is 21.7. The number of ether oxygens (including phenoxy) is 2. The second-order valence-electron chi connectivity index (χ2n) is 8.94. The SMILES string of the molecule is CCc1c2c(nc3ccc4c(c13)CC(CO)O4)-c1cc3c(c(=O)n1C2)COC(=O)[C@]3(O)CC. The first kappa shape index (κ1) is 20.4. The number of carbonyl (C=O) groups is 1. The van der Waals surface area contributed by atoms with Crippen LogP contribution >= 0.6 is 0 Å². The molecule has 170 valence electrons. The smallest absolute Gasteiger partial charge is 0.343 e.